The lowest BCUT2D eigenvalue weighted by Gasteiger charge is -2.39. The van der Waals surface area contributed by atoms with Gasteiger partial charge in [0.2, 0.25) is 0 Å². The maximum absolute atomic E-state index is 13.3. The molecule has 0 saturated carbocycles. The first-order chi connectivity index (χ1) is 10.6. The molecule has 0 aliphatic rings. The second-order valence-corrected chi connectivity index (χ2v) is 9.98. The molecular weight excluding hydrogens is 308 g/mol. The van der Waals surface area contributed by atoms with Gasteiger partial charge < -0.3 is 5.11 Å². The van der Waals surface area contributed by atoms with Crippen molar-refractivity contribution >= 4 is 9.84 Å². The average molecular weight is 332 g/mol. The lowest BCUT2D eigenvalue weighted by molar-refractivity contribution is 0.129. The van der Waals surface area contributed by atoms with Crippen molar-refractivity contribution in [2.24, 2.45) is 0 Å². The van der Waals surface area contributed by atoms with Crippen LogP contribution in [0.1, 0.15) is 44.9 Å². The number of hydrogen-bond donors (Lipinski definition) is 1. The molecule has 0 radical (unpaired) electrons. The lowest BCUT2D eigenvalue weighted by atomic mass is 9.90. The van der Waals surface area contributed by atoms with Gasteiger partial charge in [-0.15, -0.1) is 0 Å². The largest absolute Gasteiger partial charge is 0.386 e. The number of aliphatic hydroxyl groups is 1. The van der Waals surface area contributed by atoms with Crippen molar-refractivity contribution in [3.8, 4) is 0 Å². The van der Waals surface area contributed by atoms with Gasteiger partial charge in [0.1, 0.15) is 10.9 Å². The molecule has 2 rings (SSSR count). The zero-order valence-electron chi connectivity index (χ0n) is 14.0. The highest BCUT2D eigenvalue weighted by Crippen LogP contribution is 2.46. The maximum Gasteiger partial charge on any atom is 0.167 e. The van der Waals surface area contributed by atoms with E-state index in [4.69, 9.17) is 0 Å². The Kier molecular flexibility index (Phi) is 4.69. The summed E-state index contributed by atoms with van der Waals surface area (Å²) < 4.78 is 24.2. The SMILES string of the molecule is CC(C)(C)S(=O)(=O)[C@@](C)(c1ccccc1)[C@@H](O)c1ccccc1. The summed E-state index contributed by atoms with van der Waals surface area (Å²) in [6.45, 7) is 6.62. The molecule has 0 amide bonds. The molecule has 0 aliphatic heterocycles. The minimum absolute atomic E-state index is 0.589. The Labute approximate surface area is 138 Å². The van der Waals surface area contributed by atoms with Crippen molar-refractivity contribution in [3.63, 3.8) is 0 Å². The summed E-state index contributed by atoms with van der Waals surface area (Å²) >= 11 is 0. The Morgan fingerprint density at radius 2 is 1.26 bits per heavy atom. The quantitative estimate of drug-likeness (QED) is 0.925. The van der Waals surface area contributed by atoms with E-state index in [2.05, 4.69) is 0 Å². The van der Waals surface area contributed by atoms with E-state index >= 15 is 0 Å². The number of sulfone groups is 1. The molecule has 124 valence electrons. The van der Waals surface area contributed by atoms with Crippen LogP contribution in [0.4, 0.5) is 0 Å². The van der Waals surface area contributed by atoms with E-state index in [1.54, 1.807) is 76.2 Å². The van der Waals surface area contributed by atoms with Gasteiger partial charge in [-0.1, -0.05) is 60.7 Å². The Hall–Kier alpha value is -1.65. The van der Waals surface area contributed by atoms with Gasteiger partial charge in [0.05, 0.1) is 4.75 Å². The Morgan fingerprint density at radius 3 is 1.70 bits per heavy atom. The zero-order chi connectivity index (χ0) is 17.3. The van der Waals surface area contributed by atoms with E-state index in [0.717, 1.165) is 0 Å². The van der Waals surface area contributed by atoms with Crippen LogP contribution in [0.5, 0.6) is 0 Å². The van der Waals surface area contributed by atoms with Gasteiger partial charge in [0.25, 0.3) is 0 Å². The van der Waals surface area contributed by atoms with E-state index in [9.17, 15) is 13.5 Å². The Bertz CT molecular complexity index is 746. The molecule has 0 saturated heterocycles. The summed E-state index contributed by atoms with van der Waals surface area (Å²) in [5.41, 5.74) is 1.18. The molecular formula is C19H24O3S. The average Bonchev–Trinajstić information content (AvgIpc) is 2.53. The molecule has 4 heteroatoms. The Morgan fingerprint density at radius 1 is 0.826 bits per heavy atom. The Balaban J connectivity index is 2.72. The summed E-state index contributed by atoms with van der Waals surface area (Å²) in [5, 5.41) is 11.0. The number of hydrogen-bond acceptors (Lipinski definition) is 3. The lowest BCUT2D eigenvalue weighted by Crippen LogP contribution is -2.47. The van der Waals surface area contributed by atoms with Crippen LogP contribution in [0.25, 0.3) is 0 Å². The van der Waals surface area contributed by atoms with Crippen molar-refractivity contribution in [1.29, 1.82) is 0 Å². The monoisotopic (exact) mass is 332 g/mol. The minimum Gasteiger partial charge on any atom is -0.386 e. The fourth-order valence-corrected chi connectivity index (χ4v) is 4.97. The molecule has 0 fully saturated rings. The molecule has 23 heavy (non-hydrogen) atoms. The number of rotatable bonds is 4. The van der Waals surface area contributed by atoms with Crippen molar-refractivity contribution in [2.75, 3.05) is 0 Å². The fourth-order valence-electron chi connectivity index (χ4n) is 2.82. The van der Waals surface area contributed by atoms with E-state index in [1.807, 2.05) is 12.1 Å². The molecule has 3 nitrogen and oxygen atoms in total. The highest BCUT2D eigenvalue weighted by atomic mass is 32.2. The van der Waals surface area contributed by atoms with Gasteiger partial charge in [0, 0.05) is 0 Å². The van der Waals surface area contributed by atoms with Gasteiger partial charge in [-0.05, 0) is 38.8 Å². The molecule has 2 aromatic carbocycles. The van der Waals surface area contributed by atoms with Crippen molar-refractivity contribution in [1.82, 2.24) is 0 Å². The van der Waals surface area contributed by atoms with E-state index in [0.29, 0.717) is 11.1 Å². The molecule has 0 spiro atoms. The van der Waals surface area contributed by atoms with Crippen LogP contribution >= 0.6 is 0 Å². The van der Waals surface area contributed by atoms with Crippen molar-refractivity contribution in [3.05, 3.63) is 71.8 Å². The zero-order valence-corrected chi connectivity index (χ0v) is 14.8. The van der Waals surface area contributed by atoms with Gasteiger partial charge in [-0.3, -0.25) is 0 Å². The van der Waals surface area contributed by atoms with E-state index < -0.39 is 25.4 Å². The maximum atomic E-state index is 13.3. The van der Waals surface area contributed by atoms with Crippen LogP contribution in [-0.2, 0) is 14.6 Å². The van der Waals surface area contributed by atoms with Crippen LogP contribution in [0, 0.1) is 0 Å². The van der Waals surface area contributed by atoms with Gasteiger partial charge in [0.15, 0.2) is 9.84 Å². The smallest absolute Gasteiger partial charge is 0.167 e. The molecule has 2 aromatic rings. The van der Waals surface area contributed by atoms with Crippen LogP contribution in [0.2, 0.25) is 0 Å². The number of aliphatic hydroxyl groups excluding tert-OH is 1. The van der Waals surface area contributed by atoms with E-state index in [1.165, 1.54) is 0 Å². The highest BCUT2D eigenvalue weighted by Gasteiger charge is 2.52. The molecule has 2 atom stereocenters. The third kappa shape index (κ3) is 2.93. The van der Waals surface area contributed by atoms with Crippen LogP contribution in [-0.4, -0.2) is 18.3 Å². The first kappa shape index (κ1) is 17.7. The standard InChI is InChI=1S/C19H24O3S/c1-18(2,3)23(21,22)19(4,16-13-9-6-10-14-16)17(20)15-11-7-5-8-12-15/h5-14,17,20H,1-4H3/t17-,19-/m0/s1. The van der Waals surface area contributed by atoms with Crippen LogP contribution < -0.4 is 0 Å². The van der Waals surface area contributed by atoms with Gasteiger partial charge in [-0.2, -0.15) is 0 Å². The first-order valence-corrected chi connectivity index (χ1v) is 9.13. The van der Waals surface area contributed by atoms with E-state index in [-0.39, 0.29) is 0 Å². The van der Waals surface area contributed by atoms with Crippen LogP contribution in [0.15, 0.2) is 60.7 Å². The predicted molar refractivity (Wildman–Crippen MR) is 93.9 cm³/mol. The normalized spacial score (nSPS) is 16.6. The fraction of sp³-hybridized carbons (Fsp3) is 0.368. The predicted octanol–water partition coefficient (Wildman–Crippen LogP) is 3.85. The summed E-state index contributed by atoms with van der Waals surface area (Å²) in [5.74, 6) is 0. The summed E-state index contributed by atoms with van der Waals surface area (Å²) in [6.07, 6.45) is -1.16. The summed E-state index contributed by atoms with van der Waals surface area (Å²) in [7, 11) is -3.69. The van der Waals surface area contributed by atoms with Crippen molar-refractivity contribution in [2.45, 2.75) is 43.3 Å². The third-order valence-electron chi connectivity index (χ3n) is 4.35. The first-order valence-electron chi connectivity index (χ1n) is 7.65. The topological polar surface area (TPSA) is 54.4 Å². The van der Waals surface area contributed by atoms with Gasteiger partial charge >= 0.3 is 0 Å². The molecule has 0 unspecified atom stereocenters. The second-order valence-electron chi connectivity index (χ2n) is 6.90. The molecule has 0 aromatic heterocycles. The molecule has 0 heterocycles. The third-order valence-corrected chi connectivity index (χ3v) is 7.54. The summed E-state index contributed by atoms with van der Waals surface area (Å²) in [4.78, 5) is 0. The van der Waals surface area contributed by atoms with Crippen molar-refractivity contribution < 1.29 is 13.5 Å². The second kappa shape index (κ2) is 6.10. The molecule has 0 bridgehead atoms. The van der Waals surface area contributed by atoms with Crippen LogP contribution in [0.3, 0.4) is 0 Å². The molecule has 1 N–H and O–H groups in total. The minimum atomic E-state index is -3.69. The highest BCUT2D eigenvalue weighted by molar-refractivity contribution is 7.93. The number of benzene rings is 2. The summed E-state index contributed by atoms with van der Waals surface area (Å²) in [6, 6.07) is 17.9. The van der Waals surface area contributed by atoms with Gasteiger partial charge in [-0.25, -0.2) is 8.42 Å². The molecule has 0 aliphatic carbocycles.